The van der Waals surface area contributed by atoms with Crippen molar-refractivity contribution in [2.24, 2.45) is 15.0 Å². The van der Waals surface area contributed by atoms with Gasteiger partial charge in [-0.05, 0) is 53.2 Å². The molecule has 0 amide bonds. The molecule has 0 aliphatic carbocycles. The fourth-order valence-electron chi connectivity index (χ4n) is 6.89. The molecule has 0 aliphatic heterocycles. The van der Waals surface area contributed by atoms with Crippen LogP contribution in [-0.4, -0.2) is 18.4 Å². The van der Waals surface area contributed by atoms with Gasteiger partial charge in [0.2, 0.25) is 0 Å². The summed E-state index contributed by atoms with van der Waals surface area (Å²) in [6.45, 7) is 4.42. The first-order chi connectivity index (χ1) is 25.2. The fourth-order valence-corrected chi connectivity index (χ4v) is 8.12. The highest BCUT2D eigenvalue weighted by atomic mass is 32.1. The summed E-state index contributed by atoms with van der Waals surface area (Å²) < 4.78 is 8.94. The normalized spacial score (nSPS) is 12.3. The molecular formula is C46H31N3OS. The molecule has 2 heterocycles. The second-order valence-corrected chi connectivity index (χ2v) is 13.5. The number of benzene rings is 7. The lowest BCUT2D eigenvalue weighted by Crippen LogP contribution is -2.08. The largest absolute Gasteiger partial charge is 0.456 e. The first-order valence-corrected chi connectivity index (χ1v) is 17.7. The van der Waals surface area contributed by atoms with Crippen molar-refractivity contribution in [3.63, 3.8) is 0 Å². The second kappa shape index (κ2) is 13.1. The summed E-state index contributed by atoms with van der Waals surface area (Å²) in [5.41, 5.74) is 8.87. The lowest BCUT2D eigenvalue weighted by molar-refractivity contribution is 0.669. The van der Waals surface area contributed by atoms with Crippen molar-refractivity contribution < 1.29 is 4.42 Å². The molecule has 0 unspecified atom stereocenters. The van der Waals surface area contributed by atoms with Gasteiger partial charge in [-0.1, -0.05) is 140 Å². The van der Waals surface area contributed by atoms with Gasteiger partial charge in [-0.25, -0.2) is 9.98 Å². The van der Waals surface area contributed by atoms with E-state index in [1.807, 2.05) is 59.9 Å². The molecule has 7 aromatic carbocycles. The summed E-state index contributed by atoms with van der Waals surface area (Å²) in [5, 5.41) is 4.47. The first-order valence-electron chi connectivity index (χ1n) is 16.9. The molecule has 5 heteroatoms. The topological polar surface area (TPSA) is 50.2 Å². The van der Waals surface area contributed by atoms with E-state index in [2.05, 4.69) is 127 Å². The summed E-state index contributed by atoms with van der Waals surface area (Å²) in [7, 11) is 0. The van der Waals surface area contributed by atoms with Crippen LogP contribution in [0.2, 0.25) is 0 Å². The molecule has 0 atom stereocenters. The number of aliphatic imine (C=N–C) groups is 3. The zero-order chi connectivity index (χ0) is 34.1. The molecule has 0 aliphatic rings. The minimum atomic E-state index is 0.440. The zero-order valence-electron chi connectivity index (χ0n) is 27.7. The van der Waals surface area contributed by atoms with Crippen molar-refractivity contribution in [1.29, 1.82) is 0 Å². The Hall–Kier alpha value is -6.43. The second-order valence-electron chi connectivity index (χ2n) is 12.4. The molecule has 51 heavy (non-hydrogen) atoms. The number of hydrogen-bond donors (Lipinski definition) is 0. The molecular weight excluding hydrogens is 643 g/mol. The Labute approximate surface area is 299 Å². The Morgan fingerprint density at radius 1 is 0.549 bits per heavy atom. The third-order valence-corrected chi connectivity index (χ3v) is 10.5. The number of thiophene rings is 1. The van der Waals surface area contributed by atoms with Crippen molar-refractivity contribution in [2.75, 3.05) is 0 Å². The predicted molar refractivity (Wildman–Crippen MR) is 217 cm³/mol. The number of rotatable bonds is 6. The van der Waals surface area contributed by atoms with Crippen LogP contribution >= 0.6 is 11.3 Å². The minimum absolute atomic E-state index is 0.440. The van der Waals surface area contributed by atoms with Gasteiger partial charge in [0, 0.05) is 47.6 Å². The van der Waals surface area contributed by atoms with Crippen molar-refractivity contribution in [1.82, 2.24) is 0 Å². The van der Waals surface area contributed by atoms with Crippen molar-refractivity contribution >= 4 is 71.8 Å². The standard InChI is InChI=1S/C46H31N3OS/c1-47-45(33-25-23-32(24-26-33)31-15-6-3-7-16-31)49-46(48-29-30-13-4-2-5-14-30)43-35(27-28-40-42(43)38-18-8-10-21-39(38)50-40)37-20-12-19-36-34-17-9-11-22-41(34)51-44(36)37/h2-28H,1,29H2. The van der Waals surface area contributed by atoms with Gasteiger partial charge in [0.05, 0.1) is 6.54 Å². The number of para-hydroxylation sites is 1. The minimum Gasteiger partial charge on any atom is -0.456 e. The number of furan rings is 1. The lowest BCUT2D eigenvalue weighted by Gasteiger charge is -2.14. The van der Waals surface area contributed by atoms with Crippen molar-refractivity contribution in [3.05, 3.63) is 180 Å². The predicted octanol–water partition coefficient (Wildman–Crippen LogP) is 12.4. The van der Waals surface area contributed by atoms with E-state index in [0.29, 0.717) is 18.2 Å². The highest BCUT2D eigenvalue weighted by Crippen LogP contribution is 2.44. The quantitative estimate of drug-likeness (QED) is 0.128. The maximum atomic E-state index is 6.47. The molecule has 2 aromatic heterocycles. The van der Waals surface area contributed by atoms with E-state index < -0.39 is 0 Å². The van der Waals surface area contributed by atoms with Gasteiger partial charge in [-0.15, -0.1) is 11.3 Å². The van der Waals surface area contributed by atoms with E-state index in [0.717, 1.165) is 60.9 Å². The molecule has 0 fully saturated rings. The Morgan fingerprint density at radius 3 is 2.04 bits per heavy atom. The SMILES string of the molecule is C=NC(=NC(=NCc1ccccc1)c1c(-c2cccc3c2sc2ccccc23)ccc2oc3ccccc3c12)c1ccc(-c2ccccc2)cc1. The number of amidine groups is 2. The van der Waals surface area contributed by atoms with Crippen LogP contribution < -0.4 is 0 Å². The lowest BCUT2D eigenvalue weighted by atomic mass is 9.93. The molecule has 0 saturated heterocycles. The average Bonchev–Trinajstić information content (AvgIpc) is 3.77. The number of fused-ring (bicyclic) bond motifs is 6. The highest BCUT2D eigenvalue weighted by Gasteiger charge is 2.23. The van der Waals surface area contributed by atoms with Gasteiger partial charge < -0.3 is 4.42 Å². The Bertz CT molecular complexity index is 2770. The maximum absolute atomic E-state index is 6.47. The van der Waals surface area contributed by atoms with Gasteiger partial charge >= 0.3 is 0 Å². The maximum Gasteiger partial charge on any atom is 0.161 e. The van der Waals surface area contributed by atoms with Gasteiger partial charge in [0.15, 0.2) is 11.7 Å². The van der Waals surface area contributed by atoms with Crippen LogP contribution in [0.3, 0.4) is 0 Å². The van der Waals surface area contributed by atoms with Crippen LogP contribution in [0.1, 0.15) is 16.7 Å². The molecule has 9 aromatic rings. The fraction of sp³-hybridized carbons (Fsp3) is 0.0217. The zero-order valence-corrected chi connectivity index (χ0v) is 28.5. The van der Waals surface area contributed by atoms with Gasteiger partial charge in [0.1, 0.15) is 11.2 Å². The van der Waals surface area contributed by atoms with Crippen molar-refractivity contribution in [3.8, 4) is 22.3 Å². The van der Waals surface area contributed by atoms with E-state index in [-0.39, 0.29) is 0 Å². The Kier molecular flexibility index (Phi) is 7.88. The molecule has 0 N–H and O–H groups in total. The van der Waals surface area contributed by atoms with Crippen LogP contribution in [-0.2, 0) is 6.54 Å². The number of nitrogens with zero attached hydrogens (tertiary/aromatic N) is 3. The van der Waals surface area contributed by atoms with Crippen molar-refractivity contribution in [2.45, 2.75) is 6.54 Å². The van der Waals surface area contributed by atoms with Crippen LogP contribution in [0.4, 0.5) is 0 Å². The number of hydrogen-bond acceptors (Lipinski definition) is 3. The smallest absolute Gasteiger partial charge is 0.161 e. The van der Waals surface area contributed by atoms with Gasteiger partial charge in [0.25, 0.3) is 0 Å². The third-order valence-electron chi connectivity index (χ3n) is 9.33. The van der Waals surface area contributed by atoms with Crippen LogP contribution in [0.25, 0.3) is 64.4 Å². The molecule has 0 radical (unpaired) electrons. The Morgan fingerprint density at radius 2 is 1.24 bits per heavy atom. The van der Waals surface area contributed by atoms with E-state index in [4.69, 9.17) is 14.4 Å². The molecule has 9 rings (SSSR count). The summed E-state index contributed by atoms with van der Waals surface area (Å²) in [6.07, 6.45) is 0. The molecule has 4 nitrogen and oxygen atoms in total. The summed E-state index contributed by atoms with van der Waals surface area (Å²) in [4.78, 5) is 15.1. The van der Waals surface area contributed by atoms with E-state index in [1.165, 1.54) is 20.2 Å². The van der Waals surface area contributed by atoms with Gasteiger partial charge in [-0.3, -0.25) is 4.99 Å². The Balaban J connectivity index is 1.31. The summed E-state index contributed by atoms with van der Waals surface area (Å²) >= 11 is 1.81. The monoisotopic (exact) mass is 673 g/mol. The third kappa shape index (κ3) is 5.64. The molecule has 242 valence electrons. The van der Waals surface area contributed by atoms with E-state index >= 15 is 0 Å². The molecule has 0 spiro atoms. The van der Waals surface area contributed by atoms with Gasteiger partial charge in [-0.2, -0.15) is 0 Å². The molecule has 0 saturated carbocycles. The average molecular weight is 674 g/mol. The first kappa shape index (κ1) is 30.6. The molecule has 0 bridgehead atoms. The highest BCUT2D eigenvalue weighted by molar-refractivity contribution is 7.26. The van der Waals surface area contributed by atoms with Crippen LogP contribution in [0.5, 0.6) is 0 Å². The van der Waals surface area contributed by atoms with E-state index in [1.54, 1.807) is 0 Å². The van der Waals surface area contributed by atoms with Crippen LogP contribution in [0, 0.1) is 0 Å². The summed E-state index contributed by atoms with van der Waals surface area (Å²) in [5.74, 6) is 1.07. The van der Waals surface area contributed by atoms with E-state index in [9.17, 15) is 0 Å². The van der Waals surface area contributed by atoms with Crippen LogP contribution in [0.15, 0.2) is 183 Å². The summed E-state index contributed by atoms with van der Waals surface area (Å²) in [6, 6.07) is 56.5.